The number of ketones is 1. The Bertz CT molecular complexity index is 572. The summed E-state index contributed by atoms with van der Waals surface area (Å²) in [6, 6.07) is 0. The number of esters is 1. The van der Waals surface area contributed by atoms with E-state index in [1.165, 1.54) is 23.6 Å². The first-order valence-corrected chi connectivity index (χ1v) is 9.03. The normalized spacial score (nSPS) is 28.2. The molecule has 1 unspecified atom stereocenters. The molecular weight excluding hydrogens is 394 g/mol. The molecule has 2 aliphatic rings. The van der Waals surface area contributed by atoms with Crippen molar-refractivity contribution in [3.63, 3.8) is 0 Å². The van der Waals surface area contributed by atoms with E-state index < -0.39 is 16.8 Å². The van der Waals surface area contributed by atoms with Gasteiger partial charge in [-0.2, -0.15) is 0 Å². The van der Waals surface area contributed by atoms with Gasteiger partial charge in [-0.3, -0.25) is 19.3 Å². The number of fused-ring (bicyclic) bond motifs is 1. The molecule has 0 aromatic carbocycles. The molecule has 0 radical (unpaired) electrons. The van der Waals surface area contributed by atoms with Crippen LogP contribution in [0, 0.1) is 5.41 Å². The highest BCUT2D eigenvalue weighted by Gasteiger charge is 2.55. The fourth-order valence-corrected chi connectivity index (χ4v) is 4.77. The number of β-lactam (4-membered cyclic amide) rings is 1. The quantitative estimate of drug-likeness (QED) is 0.407. The van der Waals surface area contributed by atoms with E-state index >= 15 is 0 Å². The standard InChI is InChI=1S/C14H17BrClNO4S/c1-6(18)21-5-7-9(10(19)14(2,3)4)17-12(20)8(16)13(17)22-11(7)15/h8,11,13H,5H2,1-4H3/t8-,11?,13-/m0/s1. The molecule has 2 rings (SSSR count). The molecular formula is C14H17BrClNO4S. The van der Waals surface area contributed by atoms with Crippen LogP contribution in [-0.4, -0.2) is 44.1 Å². The topological polar surface area (TPSA) is 63.7 Å². The van der Waals surface area contributed by atoms with E-state index in [-0.39, 0.29) is 27.8 Å². The first-order chi connectivity index (χ1) is 10.1. The fourth-order valence-electron chi connectivity index (χ4n) is 2.19. The van der Waals surface area contributed by atoms with Crippen molar-refractivity contribution in [2.24, 2.45) is 5.41 Å². The average molecular weight is 411 g/mol. The Hall–Kier alpha value is -0.530. The summed E-state index contributed by atoms with van der Waals surface area (Å²) in [7, 11) is 0. The molecule has 0 N–H and O–H groups in total. The van der Waals surface area contributed by atoms with Gasteiger partial charge in [0.1, 0.15) is 17.4 Å². The number of ether oxygens (including phenoxy) is 1. The van der Waals surface area contributed by atoms with Gasteiger partial charge in [-0.15, -0.1) is 23.4 Å². The van der Waals surface area contributed by atoms with Crippen LogP contribution in [0.3, 0.4) is 0 Å². The highest BCUT2D eigenvalue weighted by Crippen LogP contribution is 2.49. The van der Waals surface area contributed by atoms with Crippen LogP contribution in [-0.2, 0) is 19.1 Å². The molecule has 122 valence electrons. The maximum Gasteiger partial charge on any atom is 0.302 e. The number of alkyl halides is 2. The number of thioether (sulfide) groups is 1. The Labute approximate surface area is 146 Å². The summed E-state index contributed by atoms with van der Waals surface area (Å²) >= 11 is 11.0. The van der Waals surface area contributed by atoms with Crippen molar-refractivity contribution < 1.29 is 19.1 Å². The lowest BCUT2D eigenvalue weighted by atomic mass is 9.86. The molecule has 1 fully saturated rings. The third kappa shape index (κ3) is 3.08. The van der Waals surface area contributed by atoms with Crippen molar-refractivity contribution in [1.29, 1.82) is 0 Å². The van der Waals surface area contributed by atoms with Gasteiger partial charge in [-0.1, -0.05) is 36.7 Å². The summed E-state index contributed by atoms with van der Waals surface area (Å²) in [6.45, 7) is 6.63. The number of hydrogen-bond acceptors (Lipinski definition) is 5. The smallest absolute Gasteiger partial charge is 0.302 e. The lowest BCUT2D eigenvalue weighted by molar-refractivity contribution is -0.142. The van der Waals surface area contributed by atoms with Gasteiger partial charge in [0.05, 0.1) is 9.86 Å². The monoisotopic (exact) mass is 409 g/mol. The minimum Gasteiger partial charge on any atom is -0.461 e. The summed E-state index contributed by atoms with van der Waals surface area (Å²) in [6.07, 6.45) is 0. The van der Waals surface area contributed by atoms with Gasteiger partial charge in [-0.25, -0.2) is 0 Å². The van der Waals surface area contributed by atoms with Crippen LogP contribution in [0.1, 0.15) is 27.7 Å². The minimum atomic E-state index is -0.659. The third-order valence-electron chi connectivity index (χ3n) is 3.38. The van der Waals surface area contributed by atoms with E-state index in [0.717, 1.165) is 0 Å². The highest BCUT2D eigenvalue weighted by molar-refractivity contribution is 9.11. The lowest BCUT2D eigenvalue weighted by Gasteiger charge is -2.50. The Balaban J connectivity index is 2.47. The van der Waals surface area contributed by atoms with Crippen molar-refractivity contribution >= 4 is 57.0 Å². The molecule has 1 amide bonds. The summed E-state index contributed by atoms with van der Waals surface area (Å²) < 4.78 is 4.82. The summed E-state index contributed by atoms with van der Waals surface area (Å²) in [5.41, 5.74) is 0.239. The van der Waals surface area contributed by atoms with E-state index in [2.05, 4.69) is 15.9 Å². The molecule has 8 heteroatoms. The molecule has 3 atom stereocenters. The predicted molar refractivity (Wildman–Crippen MR) is 88.7 cm³/mol. The maximum absolute atomic E-state index is 12.8. The van der Waals surface area contributed by atoms with Gasteiger partial charge in [0.15, 0.2) is 5.78 Å². The zero-order valence-corrected chi connectivity index (χ0v) is 15.8. The van der Waals surface area contributed by atoms with Gasteiger partial charge >= 0.3 is 5.97 Å². The Kier molecular flexibility index (Phi) is 5.00. The van der Waals surface area contributed by atoms with Crippen molar-refractivity contribution in [2.75, 3.05) is 6.61 Å². The van der Waals surface area contributed by atoms with Crippen LogP contribution < -0.4 is 0 Å². The second-order valence-electron chi connectivity index (χ2n) is 6.19. The van der Waals surface area contributed by atoms with Crippen LogP contribution in [0.2, 0.25) is 0 Å². The van der Waals surface area contributed by atoms with Crippen LogP contribution in [0.4, 0.5) is 0 Å². The SMILES string of the molecule is CC(=O)OCC1=C(C(=O)C(C)(C)C)N2C(=O)[C@H](Cl)[C@@H]2SC1Br. The van der Waals surface area contributed by atoms with Crippen LogP contribution >= 0.6 is 39.3 Å². The molecule has 0 saturated carbocycles. The van der Waals surface area contributed by atoms with E-state index in [0.29, 0.717) is 11.3 Å². The molecule has 0 aromatic heterocycles. The second kappa shape index (κ2) is 6.17. The molecule has 0 bridgehead atoms. The first kappa shape index (κ1) is 17.8. The van der Waals surface area contributed by atoms with Gasteiger partial charge in [0.2, 0.25) is 5.91 Å². The zero-order chi connectivity index (χ0) is 16.8. The van der Waals surface area contributed by atoms with Gasteiger partial charge < -0.3 is 4.74 Å². The summed E-state index contributed by atoms with van der Waals surface area (Å²) in [4.78, 5) is 37.4. The number of halogens is 2. The Morgan fingerprint density at radius 1 is 1.41 bits per heavy atom. The molecule has 2 aliphatic heterocycles. The van der Waals surface area contributed by atoms with Gasteiger partial charge in [0, 0.05) is 17.9 Å². The highest BCUT2D eigenvalue weighted by atomic mass is 79.9. The van der Waals surface area contributed by atoms with Crippen molar-refractivity contribution in [3.05, 3.63) is 11.3 Å². The van der Waals surface area contributed by atoms with Crippen molar-refractivity contribution in [3.8, 4) is 0 Å². The van der Waals surface area contributed by atoms with E-state index in [4.69, 9.17) is 16.3 Å². The molecule has 2 heterocycles. The van der Waals surface area contributed by atoms with Crippen LogP contribution in [0.25, 0.3) is 0 Å². The molecule has 0 aromatic rings. The largest absolute Gasteiger partial charge is 0.461 e. The average Bonchev–Trinajstić information content (AvgIpc) is 2.42. The van der Waals surface area contributed by atoms with Gasteiger partial charge in [-0.05, 0) is 0 Å². The third-order valence-corrected chi connectivity index (χ3v) is 6.44. The Morgan fingerprint density at radius 2 is 2.00 bits per heavy atom. The number of carbonyl (C=O) groups excluding carboxylic acids is 3. The number of amides is 1. The van der Waals surface area contributed by atoms with Gasteiger partial charge in [0.25, 0.3) is 0 Å². The lowest BCUT2D eigenvalue weighted by Crippen LogP contribution is -2.64. The number of nitrogens with zero attached hydrogens (tertiary/aromatic N) is 1. The van der Waals surface area contributed by atoms with E-state index in [9.17, 15) is 14.4 Å². The minimum absolute atomic E-state index is 0.0289. The fraction of sp³-hybridized carbons (Fsp3) is 0.643. The molecule has 22 heavy (non-hydrogen) atoms. The first-order valence-electron chi connectivity index (χ1n) is 6.73. The summed E-state index contributed by atoms with van der Waals surface area (Å²) in [5, 5.41) is -0.913. The van der Waals surface area contributed by atoms with Crippen LogP contribution in [0.15, 0.2) is 11.3 Å². The zero-order valence-electron chi connectivity index (χ0n) is 12.7. The molecule has 0 aliphatic carbocycles. The van der Waals surface area contributed by atoms with Crippen LogP contribution in [0.5, 0.6) is 0 Å². The van der Waals surface area contributed by atoms with E-state index in [1.54, 1.807) is 20.8 Å². The Morgan fingerprint density at radius 3 is 2.50 bits per heavy atom. The molecule has 1 saturated heterocycles. The van der Waals surface area contributed by atoms with Crippen molar-refractivity contribution in [2.45, 2.75) is 42.6 Å². The number of hydrogen-bond donors (Lipinski definition) is 0. The van der Waals surface area contributed by atoms with E-state index in [1.807, 2.05) is 0 Å². The second-order valence-corrected chi connectivity index (χ2v) is 9.40. The maximum atomic E-state index is 12.8. The number of allylic oxidation sites excluding steroid dienone is 1. The predicted octanol–water partition coefficient (Wildman–Crippen LogP) is 2.66. The number of Topliss-reactive ketones (excluding diaryl/α,β-unsaturated/α-hetero) is 1. The molecule has 0 spiro atoms. The number of carbonyl (C=O) groups is 3. The summed E-state index contributed by atoms with van der Waals surface area (Å²) in [5.74, 6) is -0.889. The van der Waals surface area contributed by atoms with Crippen molar-refractivity contribution in [1.82, 2.24) is 4.90 Å². The molecule has 5 nitrogen and oxygen atoms in total. The number of rotatable bonds is 3.